The van der Waals surface area contributed by atoms with Crippen LogP contribution in [0.1, 0.15) is 36.5 Å². The van der Waals surface area contributed by atoms with E-state index in [-0.39, 0.29) is 12.5 Å². The normalized spacial score (nSPS) is 14.8. The van der Waals surface area contributed by atoms with Crippen LogP contribution in [0.4, 0.5) is 0 Å². The fourth-order valence-electron chi connectivity index (χ4n) is 2.22. The van der Waals surface area contributed by atoms with Gasteiger partial charge >= 0.3 is 0 Å². The molecular weight excluding hydrogens is 228 g/mol. The van der Waals surface area contributed by atoms with Crippen molar-refractivity contribution in [2.75, 3.05) is 6.54 Å². The summed E-state index contributed by atoms with van der Waals surface area (Å²) >= 11 is 0. The van der Waals surface area contributed by atoms with Crippen molar-refractivity contribution in [3.05, 3.63) is 34.9 Å². The van der Waals surface area contributed by atoms with E-state index in [2.05, 4.69) is 26.0 Å². The number of primary amides is 1. The lowest BCUT2D eigenvalue weighted by Crippen LogP contribution is -2.41. The number of benzene rings is 1. The molecule has 96 valence electrons. The predicted octanol–water partition coefficient (Wildman–Crippen LogP) is 1.18. The first-order chi connectivity index (χ1) is 8.47. The number of carbonyl (C=O) groups is 2. The van der Waals surface area contributed by atoms with E-state index < -0.39 is 5.91 Å². The highest BCUT2D eigenvalue weighted by molar-refractivity contribution is 5.86. The molecule has 0 fully saturated rings. The molecule has 0 saturated carbocycles. The molecule has 0 saturated heterocycles. The van der Waals surface area contributed by atoms with Crippen LogP contribution in [-0.4, -0.2) is 23.3 Å². The molecule has 1 aliphatic rings. The largest absolute Gasteiger partial charge is 0.368 e. The van der Waals surface area contributed by atoms with Gasteiger partial charge in [-0.15, -0.1) is 0 Å². The van der Waals surface area contributed by atoms with Crippen LogP contribution in [-0.2, 0) is 22.6 Å². The van der Waals surface area contributed by atoms with Crippen LogP contribution in [0.5, 0.6) is 0 Å². The van der Waals surface area contributed by atoms with Gasteiger partial charge in [0.15, 0.2) is 0 Å². The number of nitrogens with two attached hydrogens (primary N) is 1. The Labute approximate surface area is 107 Å². The molecule has 0 unspecified atom stereocenters. The Hall–Kier alpha value is -1.84. The Kier molecular flexibility index (Phi) is 3.36. The highest BCUT2D eigenvalue weighted by Crippen LogP contribution is 2.24. The van der Waals surface area contributed by atoms with E-state index in [4.69, 9.17) is 5.73 Å². The minimum Gasteiger partial charge on any atom is -0.368 e. The molecular formula is C14H18N2O2. The van der Waals surface area contributed by atoms with Crippen molar-refractivity contribution in [3.8, 4) is 0 Å². The van der Waals surface area contributed by atoms with Crippen molar-refractivity contribution in [2.45, 2.75) is 32.7 Å². The summed E-state index contributed by atoms with van der Waals surface area (Å²) in [4.78, 5) is 24.3. The summed E-state index contributed by atoms with van der Waals surface area (Å²) in [5.41, 5.74) is 8.56. The number of rotatable bonds is 3. The summed E-state index contributed by atoms with van der Waals surface area (Å²) in [7, 11) is 0. The van der Waals surface area contributed by atoms with Gasteiger partial charge in [0, 0.05) is 6.54 Å². The van der Waals surface area contributed by atoms with E-state index in [1.54, 1.807) is 0 Å². The molecule has 4 nitrogen and oxygen atoms in total. The van der Waals surface area contributed by atoms with Gasteiger partial charge in [-0.3, -0.25) is 9.59 Å². The molecule has 2 N–H and O–H groups in total. The topological polar surface area (TPSA) is 63.4 Å². The van der Waals surface area contributed by atoms with E-state index in [9.17, 15) is 9.59 Å². The summed E-state index contributed by atoms with van der Waals surface area (Å²) in [6.45, 7) is 4.75. The third-order valence-corrected chi connectivity index (χ3v) is 3.30. The Morgan fingerprint density at radius 3 is 2.72 bits per heavy atom. The van der Waals surface area contributed by atoms with Gasteiger partial charge < -0.3 is 10.6 Å². The van der Waals surface area contributed by atoms with Gasteiger partial charge in [0.05, 0.1) is 13.0 Å². The highest BCUT2D eigenvalue weighted by Gasteiger charge is 2.24. The molecule has 1 aromatic rings. The van der Waals surface area contributed by atoms with Crippen LogP contribution in [0.15, 0.2) is 18.2 Å². The average molecular weight is 246 g/mol. The second kappa shape index (κ2) is 4.80. The Balaban J connectivity index is 2.25. The van der Waals surface area contributed by atoms with Crippen molar-refractivity contribution >= 4 is 11.8 Å². The molecule has 1 aliphatic heterocycles. The molecule has 0 radical (unpaired) electrons. The van der Waals surface area contributed by atoms with Crippen LogP contribution in [0.2, 0.25) is 0 Å². The first-order valence-corrected chi connectivity index (χ1v) is 6.15. The van der Waals surface area contributed by atoms with Crippen molar-refractivity contribution in [2.24, 2.45) is 5.73 Å². The number of nitrogens with zero attached hydrogens (tertiary/aromatic N) is 1. The third kappa shape index (κ3) is 2.53. The smallest absolute Gasteiger partial charge is 0.237 e. The standard InChI is InChI=1S/C14H18N2O2/c1-9(2)10-3-4-11-7-16(8-13(15)17)14(18)6-12(11)5-10/h3-5,9H,6-8H2,1-2H3,(H2,15,17). The second-order valence-corrected chi connectivity index (χ2v) is 5.08. The maximum absolute atomic E-state index is 11.9. The predicted molar refractivity (Wildman–Crippen MR) is 68.8 cm³/mol. The van der Waals surface area contributed by atoms with Crippen molar-refractivity contribution in [3.63, 3.8) is 0 Å². The zero-order valence-corrected chi connectivity index (χ0v) is 10.8. The lowest BCUT2D eigenvalue weighted by Gasteiger charge is -2.28. The molecule has 2 rings (SSSR count). The maximum Gasteiger partial charge on any atom is 0.237 e. The van der Waals surface area contributed by atoms with Crippen LogP contribution in [0.25, 0.3) is 0 Å². The Morgan fingerprint density at radius 1 is 1.39 bits per heavy atom. The summed E-state index contributed by atoms with van der Waals surface area (Å²) in [5, 5.41) is 0. The number of carbonyl (C=O) groups excluding carboxylic acids is 2. The molecule has 1 heterocycles. The summed E-state index contributed by atoms with van der Waals surface area (Å²) in [6, 6.07) is 6.23. The molecule has 0 aliphatic carbocycles. The maximum atomic E-state index is 11.9. The van der Waals surface area contributed by atoms with Crippen LogP contribution < -0.4 is 5.73 Å². The van der Waals surface area contributed by atoms with E-state index in [1.807, 2.05) is 6.07 Å². The second-order valence-electron chi connectivity index (χ2n) is 5.08. The van der Waals surface area contributed by atoms with E-state index >= 15 is 0 Å². The zero-order valence-electron chi connectivity index (χ0n) is 10.8. The van der Waals surface area contributed by atoms with Crippen molar-refractivity contribution in [1.82, 2.24) is 4.90 Å². The fraction of sp³-hybridized carbons (Fsp3) is 0.429. The lowest BCUT2D eigenvalue weighted by molar-refractivity contribution is -0.135. The SMILES string of the molecule is CC(C)c1ccc2c(c1)CC(=O)N(CC(N)=O)C2. The minimum atomic E-state index is -0.467. The monoisotopic (exact) mass is 246 g/mol. The molecule has 0 bridgehead atoms. The first kappa shape index (κ1) is 12.6. The fourth-order valence-corrected chi connectivity index (χ4v) is 2.22. The molecule has 4 heteroatoms. The summed E-state index contributed by atoms with van der Waals surface area (Å²) in [6.07, 6.45) is 0.364. The molecule has 0 spiro atoms. The van der Waals surface area contributed by atoms with Gasteiger partial charge in [0.1, 0.15) is 0 Å². The zero-order chi connectivity index (χ0) is 13.3. The summed E-state index contributed by atoms with van der Waals surface area (Å²) < 4.78 is 0. The van der Waals surface area contributed by atoms with E-state index in [0.717, 1.165) is 11.1 Å². The van der Waals surface area contributed by atoms with Crippen LogP contribution in [0.3, 0.4) is 0 Å². The number of hydrogen-bond donors (Lipinski definition) is 1. The molecule has 2 amide bonds. The van der Waals surface area contributed by atoms with Gasteiger partial charge in [0.25, 0.3) is 0 Å². The quantitative estimate of drug-likeness (QED) is 0.870. The Bertz CT molecular complexity index is 495. The highest BCUT2D eigenvalue weighted by atomic mass is 16.2. The first-order valence-electron chi connectivity index (χ1n) is 6.15. The van der Waals surface area contributed by atoms with E-state index in [0.29, 0.717) is 18.9 Å². The molecule has 1 aromatic carbocycles. The lowest BCUT2D eigenvalue weighted by atomic mass is 9.93. The number of amides is 2. The third-order valence-electron chi connectivity index (χ3n) is 3.30. The van der Waals surface area contributed by atoms with Gasteiger partial charge in [0.2, 0.25) is 11.8 Å². The average Bonchev–Trinajstić information content (AvgIpc) is 2.28. The number of hydrogen-bond acceptors (Lipinski definition) is 2. The minimum absolute atomic E-state index is 0.00417. The van der Waals surface area contributed by atoms with Gasteiger partial charge in [-0.2, -0.15) is 0 Å². The number of fused-ring (bicyclic) bond motifs is 1. The van der Waals surface area contributed by atoms with Crippen molar-refractivity contribution in [1.29, 1.82) is 0 Å². The molecule has 18 heavy (non-hydrogen) atoms. The van der Waals surface area contributed by atoms with Gasteiger partial charge in [-0.1, -0.05) is 32.0 Å². The van der Waals surface area contributed by atoms with Gasteiger partial charge in [-0.25, -0.2) is 0 Å². The van der Waals surface area contributed by atoms with E-state index in [1.165, 1.54) is 10.5 Å². The van der Waals surface area contributed by atoms with Crippen molar-refractivity contribution < 1.29 is 9.59 Å². The Morgan fingerprint density at radius 2 is 2.11 bits per heavy atom. The molecule has 0 atom stereocenters. The molecule has 0 aromatic heterocycles. The van der Waals surface area contributed by atoms with Crippen LogP contribution in [0, 0.1) is 0 Å². The summed E-state index contributed by atoms with van der Waals surface area (Å²) in [5.74, 6) is -0.0399. The van der Waals surface area contributed by atoms with Crippen LogP contribution >= 0.6 is 0 Å². The van der Waals surface area contributed by atoms with Gasteiger partial charge in [-0.05, 0) is 22.6 Å².